The summed E-state index contributed by atoms with van der Waals surface area (Å²) in [5.41, 5.74) is 6.67. The van der Waals surface area contributed by atoms with Crippen molar-refractivity contribution in [1.29, 1.82) is 5.26 Å². The van der Waals surface area contributed by atoms with Gasteiger partial charge in [0.05, 0.1) is 34.8 Å². The van der Waals surface area contributed by atoms with Gasteiger partial charge >= 0.3 is 0 Å². The van der Waals surface area contributed by atoms with Crippen molar-refractivity contribution in [1.82, 2.24) is 13.9 Å². The van der Waals surface area contributed by atoms with Crippen LogP contribution in [0.25, 0.3) is 21.9 Å². The van der Waals surface area contributed by atoms with Crippen molar-refractivity contribution in [3.05, 3.63) is 64.6 Å². The molecule has 0 spiro atoms. The van der Waals surface area contributed by atoms with E-state index in [9.17, 15) is 5.11 Å². The number of H-pyrrole nitrogens is 1. The first kappa shape index (κ1) is 20.7. The zero-order valence-electron chi connectivity index (χ0n) is 16.0. The van der Waals surface area contributed by atoms with Gasteiger partial charge in [0, 0.05) is 53.9 Å². The van der Waals surface area contributed by atoms with Crippen molar-refractivity contribution >= 4 is 52.3 Å². The number of nitriles is 1. The van der Waals surface area contributed by atoms with Crippen LogP contribution >= 0.6 is 30.3 Å². The Morgan fingerprint density at radius 3 is 2.75 bits per heavy atom. The number of imidazole rings is 1. The van der Waals surface area contributed by atoms with E-state index in [0.29, 0.717) is 12.0 Å². The normalized spacial score (nSPS) is 10.7. The molecule has 0 unspecified atom stereocenters. The largest absolute Gasteiger partial charge is 0.392 e. The maximum atomic E-state index is 9.75. The molecule has 2 aromatic carbocycles. The Hall–Kier alpha value is -2.02. The average molecular weight is 504 g/mol. The molecule has 0 saturated carbocycles. The summed E-state index contributed by atoms with van der Waals surface area (Å²) >= 11 is 2.24. The van der Waals surface area contributed by atoms with Gasteiger partial charge in [0.2, 0.25) is 0 Å². The van der Waals surface area contributed by atoms with E-state index in [1.165, 1.54) is 5.56 Å². The van der Waals surface area contributed by atoms with Crippen LogP contribution in [0.3, 0.4) is 0 Å². The second-order valence-electron chi connectivity index (χ2n) is 6.17. The molecule has 0 atom stereocenters. The van der Waals surface area contributed by atoms with Crippen molar-refractivity contribution in [2.24, 2.45) is 0 Å². The smallest absolute Gasteiger partial charge is 0.111 e. The minimum Gasteiger partial charge on any atom is -0.392 e. The van der Waals surface area contributed by atoms with Crippen LogP contribution in [0.2, 0.25) is 0 Å². The zero-order chi connectivity index (χ0) is 20.3. The number of halogens is 1. The maximum Gasteiger partial charge on any atom is 0.111 e. The molecule has 4 rings (SSSR count). The highest BCUT2D eigenvalue weighted by Crippen LogP contribution is 2.33. The molecular formula is C21H21IN4OS. The fourth-order valence-corrected chi connectivity index (χ4v) is 4.77. The Labute approximate surface area is 180 Å². The molecule has 7 heteroatoms. The van der Waals surface area contributed by atoms with Gasteiger partial charge in [-0.2, -0.15) is 5.26 Å². The molecule has 5 nitrogen and oxygen atoms in total. The van der Waals surface area contributed by atoms with Crippen LogP contribution in [-0.2, 0) is 13.0 Å². The second kappa shape index (κ2) is 8.99. The number of aromatic nitrogens is 3. The van der Waals surface area contributed by atoms with E-state index in [4.69, 9.17) is 5.26 Å². The van der Waals surface area contributed by atoms with E-state index < -0.39 is 0 Å². The SMILES string of the molecule is CC.Cc1cc(CO)c2c(ccn2SI)c1Cc1nc2ccc(C#N)cc2[nH]1. The van der Waals surface area contributed by atoms with E-state index in [2.05, 4.69) is 60.3 Å². The summed E-state index contributed by atoms with van der Waals surface area (Å²) in [5, 5.41) is 19.9. The number of fused-ring (bicyclic) bond motifs is 2. The van der Waals surface area contributed by atoms with Gasteiger partial charge in [-0.05, 0) is 42.3 Å². The average Bonchev–Trinajstić information content (AvgIpc) is 3.34. The Morgan fingerprint density at radius 1 is 1.29 bits per heavy atom. The molecule has 0 amide bonds. The number of nitrogens with zero attached hydrogens (tertiary/aromatic N) is 3. The molecule has 0 aliphatic rings. The number of benzene rings is 2. The van der Waals surface area contributed by atoms with Gasteiger partial charge in [-0.3, -0.25) is 3.97 Å². The Morgan fingerprint density at radius 2 is 2.07 bits per heavy atom. The molecule has 144 valence electrons. The fourth-order valence-electron chi connectivity index (χ4n) is 3.40. The van der Waals surface area contributed by atoms with Gasteiger partial charge in [-0.25, -0.2) is 4.98 Å². The van der Waals surface area contributed by atoms with Crippen LogP contribution in [0.1, 0.15) is 41.9 Å². The summed E-state index contributed by atoms with van der Waals surface area (Å²) < 4.78 is 2.07. The van der Waals surface area contributed by atoms with E-state index in [-0.39, 0.29) is 6.61 Å². The number of rotatable bonds is 4. The molecule has 2 heterocycles. The molecule has 2 N–H and O–H groups in total. The number of aromatic amines is 1. The molecule has 0 saturated heterocycles. The fraction of sp³-hybridized carbons (Fsp3) is 0.238. The van der Waals surface area contributed by atoms with Gasteiger partial charge in [-0.1, -0.05) is 19.9 Å². The summed E-state index contributed by atoms with van der Waals surface area (Å²) in [7, 11) is 1.58. The molecule has 0 aliphatic carbocycles. The predicted molar refractivity (Wildman–Crippen MR) is 125 cm³/mol. The molecule has 0 aliphatic heterocycles. The first-order valence-corrected chi connectivity index (χ1v) is 12.4. The monoisotopic (exact) mass is 504 g/mol. The maximum absolute atomic E-state index is 9.75. The van der Waals surface area contributed by atoms with Gasteiger partial charge in [0.25, 0.3) is 0 Å². The van der Waals surface area contributed by atoms with Crippen molar-refractivity contribution in [3.63, 3.8) is 0 Å². The number of aliphatic hydroxyl groups is 1. The van der Waals surface area contributed by atoms with E-state index >= 15 is 0 Å². The van der Waals surface area contributed by atoms with Crippen molar-refractivity contribution in [2.45, 2.75) is 33.8 Å². The number of nitrogens with one attached hydrogen (secondary N) is 1. The van der Waals surface area contributed by atoms with Gasteiger partial charge in [-0.15, -0.1) is 0 Å². The minimum absolute atomic E-state index is 0.0143. The lowest BCUT2D eigenvalue weighted by Crippen LogP contribution is -1.99. The Balaban J connectivity index is 0.00000109. The third kappa shape index (κ3) is 3.77. The summed E-state index contributed by atoms with van der Waals surface area (Å²) in [6.45, 7) is 6.08. The number of hydrogen-bond acceptors (Lipinski definition) is 4. The Kier molecular flexibility index (Phi) is 6.65. The van der Waals surface area contributed by atoms with Crippen LogP contribution in [0, 0.1) is 18.3 Å². The Bertz CT molecular complexity index is 1170. The van der Waals surface area contributed by atoms with E-state index in [0.717, 1.165) is 38.9 Å². The number of aryl methyl sites for hydroxylation is 1. The van der Waals surface area contributed by atoms with Crippen LogP contribution in [0.15, 0.2) is 36.5 Å². The first-order valence-electron chi connectivity index (χ1n) is 9.05. The highest BCUT2D eigenvalue weighted by atomic mass is 127. The number of aliphatic hydroxyl groups excluding tert-OH is 1. The van der Waals surface area contributed by atoms with Crippen LogP contribution in [0.4, 0.5) is 0 Å². The van der Waals surface area contributed by atoms with Gasteiger partial charge in [0.15, 0.2) is 0 Å². The molecule has 28 heavy (non-hydrogen) atoms. The van der Waals surface area contributed by atoms with Gasteiger partial charge < -0.3 is 10.1 Å². The molecule has 0 bridgehead atoms. The molecular weight excluding hydrogens is 483 g/mol. The van der Waals surface area contributed by atoms with Crippen LogP contribution < -0.4 is 0 Å². The highest BCUT2D eigenvalue weighted by Gasteiger charge is 2.15. The standard InChI is InChI=1S/C19H15IN4OS.C2H6/c1-11-6-13(10-25)19-14(4-5-24(19)26-20)15(11)8-18-22-16-3-2-12(9-21)7-17(16)23-18;1-2/h2-7,25H,8,10H2,1H3,(H,22,23);1-2H3. The molecule has 4 aromatic rings. The summed E-state index contributed by atoms with van der Waals surface area (Å²) in [6.07, 6.45) is 2.70. The highest BCUT2D eigenvalue weighted by molar-refractivity contribution is 14.2. The third-order valence-electron chi connectivity index (χ3n) is 4.60. The predicted octanol–water partition coefficient (Wildman–Crippen LogP) is 5.65. The van der Waals surface area contributed by atoms with E-state index in [1.807, 2.05) is 32.2 Å². The summed E-state index contributed by atoms with van der Waals surface area (Å²) in [6, 6.07) is 11.8. The van der Waals surface area contributed by atoms with Crippen LogP contribution in [-0.4, -0.2) is 19.0 Å². The lowest BCUT2D eigenvalue weighted by atomic mass is 9.97. The first-order chi connectivity index (χ1) is 13.6. The quantitative estimate of drug-likeness (QED) is 0.352. The van der Waals surface area contributed by atoms with Crippen LogP contribution in [0.5, 0.6) is 0 Å². The second-order valence-corrected chi connectivity index (χ2v) is 7.88. The third-order valence-corrected chi connectivity index (χ3v) is 6.32. The van der Waals surface area contributed by atoms with Gasteiger partial charge in [0.1, 0.15) is 5.82 Å². The lowest BCUT2D eigenvalue weighted by molar-refractivity contribution is 0.283. The summed E-state index contributed by atoms with van der Waals surface area (Å²) in [5.74, 6) is 0.867. The lowest BCUT2D eigenvalue weighted by Gasteiger charge is -2.11. The minimum atomic E-state index is 0.0143. The molecule has 0 fully saturated rings. The summed E-state index contributed by atoms with van der Waals surface area (Å²) in [4.78, 5) is 8.01. The van der Waals surface area contributed by atoms with E-state index in [1.54, 1.807) is 15.2 Å². The zero-order valence-corrected chi connectivity index (χ0v) is 18.9. The molecule has 0 radical (unpaired) electrons. The van der Waals surface area contributed by atoms with Crippen molar-refractivity contribution in [2.75, 3.05) is 0 Å². The topological polar surface area (TPSA) is 77.6 Å². The number of hydrogen-bond donors (Lipinski definition) is 2. The molecule has 2 aromatic heterocycles. The van der Waals surface area contributed by atoms with Crippen molar-refractivity contribution < 1.29 is 5.11 Å². The van der Waals surface area contributed by atoms with Crippen molar-refractivity contribution in [3.8, 4) is 6.07 Å².